The number of rotatable bonds is 0. The topological polar surface area (TPSA) is 23.5 Å². The molecule has 1 aliphatic rings. The molecule has 0 radical (unpaired) electrons. The first-order valence-electron chi connectivity index (χ1n) is 3.56. The zero-order chi connectivity index (χ0) is 7.78. The number of aliphatic hydroxyl groups is 1. The van der Waals surface area contributed by atoms with Crippen molar-refractivity contribution < 1.29 is 5.11 Å². The first-order valence-corrected chi connectivity index (χ1v) is 4.55. The molecule has 10 heavy (non-hydrogen) atoms. The van der Waals surface area contributed by atoms with Crippen molar-refractivity contribution in [1.82, 2.24) is 4.90 Å². The van der Waals surface area contributed by atoms with Gasteiger partial charge in [0.2, 0.25) is 0 Å². The highest BCUT2D eigenvalue weighted by Gasteiger charge is 2.34. The Hall–Kier alpha value is 0.270. The standard InChI is InChI=1S/C7H15NOS/c1-7(2)6(9)8(3)4-5-10-7/h6,9H,4-5H2,1-3H3. The molecule has 3 heteroatoms. The molecule has 0 aromatic carbocycles. The number of hydrogen-bond donors (Lipinski definition) is 1. The summed E-state index contributed by atoms with van der Waals surface area (Å²) in [4.78, 5) is 2.00. The summed E-state index contributed by atoms with van der Waals surface area (Å²) in [6.45, 7) is 5.16. The maximum absolute atomic E-state index is 9.61. The Balaban J connectivity index is 2.60. The van der Waals surface area contributed by atoms with Crippen molar-refractivity contribution in [2.75, 3.05) is 19.3 Å². The fraction of sp³-hybridized carbons (Fsp3) is 1.00. The molecule has 1 saturated heterocycles. The molecule has 2 nitrogen and oxygen atoms in total. The van der Waals surface area contributed by atoms with Gasteiger partial charge in [0.25, 0.3) is 0 Å². The molecule has 1 rings (SSSR count). The van der Waals surface area contributed by atoms with E-state index in [1.165, 1.54) is 0 Å². The minimum absolute atomic E-state index is 0.00694. The van der Waals surface area contributed by atoms with Gasteiger partial charge in [0.05, 0.1) is 0 Å². The number of nitrogens with zero attached hydrogens (tertiary/aromatic N) is 1. The van der Waals surface area contributed by atoms with Gasteiger partial charge in [-0.05, 0) is 20.9 Å². The van der Waals surface area contributed by atoms with Gasteiger partial charge >= 0.3 is 0 Å². The highest BCUT2D eigenvalue weighted by molar-refractivity contribution is 8.00. The zero-order valence-electron chi connectivity index (χ0n) is 6.79. The molecule has 60 valence electrons. The summed E-state index contributed by atoms with van der Waals surface area (Å²) in [6.07, 6.45) is -0.286. The lowest BCUT2D eigenvalue weighted by molar-refractivity contribution is -0.00199. The van der Waals surface area contributed by atoms with Gasteiger partial charge in [-0.1, -0.05) is 0 Å². The number of hydrogen-bond acceptors (Lipinski definition) is 3. The Kier molecular flexibility index (Phi) is 2.28. The van der Waals surface area contributed by atoms with Gasteiger partial charge < -0.3 is 5.11 Å². The Morgan fingerprint density at radius 3 is 2.60 bits per heavy atom. The Morgan fingerprint density at radius 2 is 2.20 bits per heavy atom. The average molecular weight is 161 g/mol. The molecule has 0 aromatic heterocycles. The second kappa shape index (κ2) is 2.72. The van der Waals surface area contributed by atoms with Gasteiger partial charge in [0, 0.05) is 17.0 Å². The van der Waals surface area contributed by atoms with E-state index in [0.29, 0.717) is 0 Å². The molecule has 0 saturated carbocycles. The van der Waals surface area contributed by atoms with E-state index in [1.54, 1.807) is 0 Å². The molecular weight excluding hydrogens is 146 g/mol. The minimum atomic E-state index is -0.286. The van der Waals surface area contributed by atoms with Crippen LogP contribution in [0.15, 0.2) is 0 Å². The van der Waals surface area contributed by atoms with Crippen LogP contribution in [0.25, 0.3) is 0 Å². The smallest absolute Gasteiger partial charge is 0.121 e. The molecule has 0 aromatic rings. The van der Waals surface area contributed by atoms with Crippen LogP contribution in [0.2, 0.25) is 0 Å². The molecule has 1 unspecified atom stereocenters. The Morgan fingerprint density at radius 1 is 1.60 bits per heavy atom. The summed E-state index contributed by atoms with van der Waals surface area (Å²) < 4.78 is 0.00694. The predicted octanol–water partition coefficient (Wildman–Crippen LogP) is 0.762. The van der Waals surface area contributed by atoms with Crippen LogP contribution in [0.5, 0.6) is 0 Å². The van der Waals surface area contributed by atoms with Crippen LogP contribution in [0.4, 0.5) is 0 Å². The molecule has 1 heterocycles. The Bertz CT molecular complexity index is 127. The van der Waals surface area contributed by atoms with Crippen LogP contribution < -0.4 is 0 Å². The quantitative estimate of drug-likeness (QED) is 0.567. The lowest BCUT2D eigenvalue weighted by Crippen LogP contribution is -2.50. The van der Waals surface area contributed by atoms with Crippen molar-refractivity contribution in [3.05, 3.63) is 0 Å². The maximum atomic E-state index is 9.61. The lowest BCUT2D eigenvalue weighted by atomic mass is 10.1. The van der Waals surface area contributed by atoms with Crippen LogP contribution in [0.1, 0.15) is 13.8 Å². The predicted molar refractivity (Wildman–Crippen MR) is 45.2 cm³/mol. The summed E-state index contributed by atoms with van der Waals surface area (Å²) in [5.74, 6) is 1.13. The summed E-state index contributed by atoms with van der Waals surface area (Å²) in [5, 5.41) is 9.61. The highest BCUT2D eigenvalue weighted by atomic mass is 32.2. The summed E-state index contributed by atoms with van der Waals surface area (Å²) in [5.41, 5.74) is 0. The third kappa shape index (κ3) is 1.47. The van der Waals surface area contributed by atoms with Crippen molar-refractivity contribution in [1.29, 1.82) is 0 Å². The summed E-state index contributed by atoms with van der Waals surface area (Å²) in [6, 6.07) is 0. The van der Waals surface area contributed by atoms with Gasteiger partial charge in [-0.3, -0.25) is 4.90 Å². The van der Waals surface area contributed by atoms with Crippen LogP contribution in [-0.2, 0) is 0 Å². The molecular formula is C7H15NOS. The fourth-order valence-corrected chi connectivity index (χ4v) is 2.41. The number of aliphatic hydroxyl groups excluding tert-OH is 1. The van der Waals surface area contributed by atoms with Crippen molar-refractivity contribution in [3.8, 4) is 0 Å². The van der Waals surface area contributed by atoms with Gasteiger partial charge in [0.1, 0.15) is 6.23 Å². The highest BCUT2D eigenvalue weighted by Crippen LogP contribution is 2.32. The van der Waals surface area contributed by atoms with Crippen molar-refractivity contribution in [3.63, 3.8) is 0 Å². The molecule has 0 aliphatic carbocycles. The molecule has 0 bridgehead atoms. The Labute approximate surface area is 66.6 Å². The van der Waals surface area contributed by atoms with Gasteiger partial charge in [0.15, 0.2) is 0 Å². The monoisotopic (exact) mass is 161 g/mol. The minimum Gasteiger partial charge on any atom is -0.377 e. The lowest BCUT2D eigenvalue weighted by Gasteiger charge is -2.40. The second-order valence-corrected chi connectivity index (χ2v) is 5.06. The van der Waals surface area contributed by atoms with Gasteiger partial charge in [-0.25, -0.2) is 0 Å². The first-order chi connectivity index (χ1) is 4.54. The van der Waals surface area contributed by atoms with Crippen LogP contribution in [0.3, 0.4) is 0 Å². The third-order valence-electron chi connectivity index (χ3n) is 1.96. The van der Waals surface area contributed by atoms with Crippen molar-refractivity contribution in [2.45, 2.75) is 24.8 Å². The molecule has 0 spiro atoms. The van der Waals surface area contributed by atoms with E-state index >= 15 is 0 Å². The van der Waals surface area contributed by atoms with Crippen molar-refractivity contribution in [2.24, 2.45) is 0 Å². The van der Waals surface area contributed by atoms with E-state index in [9.17, 15) is 5.11 Å². The van der Waals surface area contributed by atoms with E-state index in [4.69, 9.17) is 0 Å². The molecule has 0 amide bonds. The van der Waals surface area contributed by atoms with Crippen LogP contribution >= 0.6 is 11.8 Å². The normalized spacial score (nSPS) is 34.2. The zero-order valence-corrected chi connectivity index (χ0v) is 7.61. The van der Waals surface area contributed by atoms with Crippen LogP contribution in [-0.4, -0.2) is 40.3 Å². The van der Waals surface area contributed by atoms with Gasteiger partial charge in [-0.15, -0.1) is 0 Å². The second-order valence-electron chi connectivity index (χ2n) is 3.31. The molecule has 1 atom stereocenters. The van der Waals surface area contributed by atoms with Gasteiger partial charge in [-0.2, -0.15) is 11.8 Å². The number of thioether (sulfide) groups is 1. The fourth-order valence-electron chi connectivity index (χ4n) is 1.18. The van der Waals surface area contributed by atoms with E-state index < -0.39 is 0 Å². The van der Waals surface area contributed by atoms with E-state index in [1.807, 2.05) is 23.7 Å². The third-order valence-corrected chi connectivity index (χ3v) is 3.30. The van der Waals surface area contributed by atoms with Crippen molar-refractivity contribution >= 4 is 11.8 Å². The average Bonchev–Trinajstić information content (AvgIpc) is 1.83. The summed E-state index contributed by atoms with van der Waals surface area (Å²) >= 11 is 1.84. The maximum Gasteiger partial charge on any atom is 0.121 e. The molecule has 1 N–H and O–H groups in total. The van der Waals surface area contributed by atoms with E-state index in [0.717, 1.165) is 12.3 Å². The van der Waals surface area contributed by atoms with E-state index in [2.05, 4.69) is 13.8 Å². The summed E-state index contributed by atoms with van der Waals surface area (Å²) in [7, 11) is 1.96. The molecule has 1 aliphatic heterocycles. The first kappa shape index (κ1) is 8.37. The van der Waals surface area contributed by atoms with Crippen LogP contribution in [0, 0.1) is 0 Å². The molecule has 1 fully saturated rings. The SMILES string of the molecule is CN1CCSC(C)(C)C1O. The largest absolute Gasteiger partial charge is 0.377 e. The van der Waals surface area contributed by atoms with E-state index in [-0.39, 0.29) is 11.0 Å².